The lowest BCUT2D eigenvalue weighted by molar-refractivity contribution is -0.116. The minimum Gasteiger partial charge on any atom is -0.387 e. The van der Waals surface area contributed by atoms with E-state index in [-0.39, 0.29) is 11.0 Å². The molecule has 2 aliphatic carbocycles. The molecule has 0 aromatic carbocycles. The van der Waals surface area contributed by atoms with Gasteiger partial charge in [-0.15, -0.1) is 0 Å². The Morgan fingerprint density at radius 3 is 2.43 bits per heavy atom. The van der Waals surface area contributed by atoms with Gasteiger partial charge in [-0.2, -0.15) is 5.26 Å². The molecular formula is C11H16N2O. The van der Waals surface area contributed by atoms with Gasteiger partial charge in [0, 0.05) is 19.6 Å². The van der Waals surface area contributed by atoms with Gasteiger partial charge in [-0.05, 0) is 31.6 Å². The Labute approximate surface area is 84.3 Å². The average Bonchev–Trinajstić information content (AvgIpc) is 2.98. The Bertz CT molecular complexity index is 293. The molecule has 3 aliphatic rings. The van der Waals surface area contributed by atoms with Crippen molar-refractivity contribution in [2.75, 3.05) is 19.6 Å². The molecule has 1 saturated heterocycles. The standard InChI is InChI=1S/C11H16N2O/c12-5-10(3-4-10)6-13-7-11(14,8-13)9-1-2-9/h9,14H,1-4,6-8H2. The summed E-state index contributed by atoms with van der Waals surface area (Å²) in [5.74, 6) is 0.566. The summed E-state index contributed by atoms with van der Waals surface area (Å²) in [6, 6.07) is 2.40. The Balaban J connectivity index is 1.53. The van der Waals surface area contributed by atoms with E-state index in [1.165, 1.54) is 12.8 Å². The molecule has 3 fully saturated rings. The van der Waals surface area contributed by atoms with Crippen molar-refractivity contribution in [3.05, 3.63) is 0 Å². The maximum Gasteiger partial charge on any atom is 0.0928 e. The van der Waals surface area contributed by atoms with Gasteiger partial charge in [-0.1, -0.05) is 0 Å². The number of hydrogen-bond acceptors (Lipinski definition) is 3. The van der Waals surface area contributed by atoms with E-state index >= 15 is 0 Å². The van der Waals surface area contributed by atoms with Gasteiger partial charge in [-0.3, -0.25) is 4.90 Å². The van der Waals surface area contributed by atoms with Gasteiger partial charge < -0.3 is 5.11 Å². The van der Waals surface area contributed by atoms with Gasteiger partial charge >= 0.3 is 0 Å². The SMILES string of the molecule is N#CC1(CN2CC(O)(C3CC3)C2)CC1. The zero-order valence-electron chi connectivity index (χ0n) is 8.37. The highest BCUT2D eigenvalue weighted by Gasteiger charge is 2.55. The van der Waals surface area contributed by atoms with Crippen LogP contribution in [0.5, 0.6) is 0 Å². The summed E-state index contributed by atoms with van der Waals surface area (Å²) in [6.07, 6.45) is 4.52. The van der Waals surface area contributed by atoms with E-state index in [0.717, 1.165) is 32.5 Å². The number of hydrogen-bond donors (Lipinski definition) is 1. The topological polar surface area (TPSA) is 47.3 Å². The first-order valence-electron chi connectivity index (χ1n) is 5.52. The van der Waals surface area contributed by atoms with E-state index in [4.69, 9.17) is 5.26 Å². The molecule has 1 N–H and O–H groups in total. The minimum atomic E-state index is -0.383. The molecule has 14 heavy (non-hydrogen) atoms. The molecule has 0 spiro atoms. The molecule has 0 radical (unpaired) electrons. The first kappa shape index (κ1) is 8.70. The summed E-state index contributed by atoms with van der Waals surface area (Å²) >= 11 is 0. The van der Waals surface area contributed by atoms with Crippen LogP contribution in [0.15, 0.2) is 0 Å². The molecule has 3 heteroatoms. The van der Waals surface area contributed by atoms with E-state index in [1.807, 2.05) is 0 Å². The van der Waals surface area contributed by atoms with Crippen molar-refractivity contribution >= 4 is 0 Å². The van der Waals surface area contributed by atoms with Crippen molar-refractivity contribution in [1.82, 2.24) is 4.90 Å². The Morgan fingerprint density at radius 2 is 2.00 bits per heavy atom. The Morgan fingerprint density at radius 1 is 1.36 bits per heavy atom. The van der Waals surface area contributed by atoms with Gasteiger partial charge in [0.1, 0.15) is 0 Å². The summed E-state index contributed by atoms with van der Waals surface area (Å²) in [7, 11) is 0. The summed E-state index contributed by atoms with van der Waals surface area (Å²) in [4.78, 5) is 2.24. The second-order valence-corrected chi connectivity index (χ2v) is 5.42. The smallest absolute Gasteiger partial charge is 0.0928 e. The lowest BCUT2D eigenvalue weighted by atomic mass is 9.87. The van der Waals surface area contributed by atoms with Crippen molar-refractivity contribution in [2.45, 2.75) is 31.3 Å². The van der Waals surface area contributed by atoms with E-state index in [1.54, 1.807) is 0 Å². The zero-order chi connectivity index (χ0) is 9.81. The van der Waals surface area contributed by atoms with Crippen LogP contribution in [0, 0.1) is 22.7 Å². The maximum absolute atomic E-state index is 10.1. The van der Waals surface area contributed by atoms with Crippen molar-refractivity contribution < 1.29 is 5.11 Å². The summed E-state index contributed by atoms with van der Waals surface area (Å²) in [6.45, 7) is 2.50. The largest absolute Gasteiger partial charge is 0.387 e. The lowest BCUT2D eigenvalue weighted by Gasteiger charge is -2.47. The zero-order valence-corrected chi connectivity index (χ0v) is 8.37. The monoisotopic (exact) mass is 192 g/mol. The number of aliphatic hydroxyl groups is 1. The average molecular weight is 192 g/mol. The van der Waals surface area contributed by atoms with Crippen molar-refractivity contribution in [3.8, 4) is 6.07 Å². The first-order chi connectivity index (χ1) is 6.66. The molecule has 2 saturated carbocycles. The van der Waals surface area contributed by atoms with Crippen molar-refractivity contribution in [2.24, 2.45) is 11.3 Å². The van der Waals surface area contributed by atoms with E-state index in [2.05, 4.69) is 11.0 Å². The van der Waals surface area contributed by atoms with Crippen LogP contribution in [0.2, 0.25) is 0 Å². The normalized spacial score (nSPS) is 33.1. The highest BCUT2D eigenvalue weighted by molar-refractivity contribution is 5.14. The molecule has 3 rings (SSSR count). The van der Waals surface area contributed by atoms with E-state index in [9.17, 15) is 5.11 Å². The van der Waals surface area contributed by atoms with Crippen LogP contribution in [-0.2, 0) is 0 Å². The molecule has 3 nitrogen and oxygen atoms in total. The fourth-order valence-electron chi connectivity index (χ4n) is 2.60. The van der Waals surface area contributed by atoms with Gasteiger partial charge in [0.05, 0.1) is 17.1 Å². The summed E-state index contributed by atoms with van der Waals surface area (Å²) in [5, 5.41) is 19.0. The molecule has 0 aromatic heterocycles. The van der Waals surface area contributed by atoms with Crippen molar-refractivity contribution in [3.63, 3.8) is 0 Å². The summed E-state index contributed by atoms with van der Waals surface area (Å²) < 4.78 is 0. The Hall–Kier alpha value is -0.590. The van der Waals surface area contributed by atoms with Crippen LogP contribution in [0.25, 0.3) is 0 Å². The molecule has 76 valence electrons. The van der Waals surface area contributed by atoms with Crippen LogP contribution in [0.4, 0.5) is 0 Å². The predicted octanol–water partition coefficient (Wildman–Crippen LogP) is 0.747. The molecule has 0 bridgehead atoms. The maximum atomic E-state index is 10.1. The number of likely N-dealkylation sites (tertiary alicyclic amines) is 1. The molecule has 0 amide bonds. The molecule has 0 atom stereocenters. The van der Waals surface area contributed by atoms with Gasteiger partial charge in [0.25, 0.3) is 0 Å². The molecule has 1 heterocycles. The van der Waals surface area contributed by atoms with E-state index in [0.29, 0.717) is 5.92 Å². The van der Waals surface area contributed by atoms with Crippen LogP contribution in [0.3, 0.4) is 0 Å². The van der Waals surface area contributed by atoms with Crippen LogP contribution in [-0.4, -0.2) is 35.2 Å². The highest BCUT2D eigenvalue weighted by Crippen LogP contribution is 2.49. The van der Waals surface area contributed by atoms with Crippen LogP contribution in [0.1, 0.15) is 25.7 Å². The second kappa shape index (κ2) is 2.50. The molecular weight excluding hydrogens is 176 g/mol. The third kappa shape index (κ3) is 1.25. The summed E-state index contributed by atoms with van der Waals surface area (Å²) in [5.41, 5.74) is -0.420. The molecule has 0 aromatic rings. The Kier molecular flexibility index (Phi) is 1.55. The fraction of sp³-hybridized carbons (Fsp3) is 0.909. The van der Waals surface area contributed by atoms with Crippen LogP contribution < -0.4 is 0 Å². The third-order valence-corrected chi connectivity index (χ3v) is 3.95. The fourth-order valence-corrected chi connectivity index (χ4v) is 2.60. The number of rotatable bonds is 3. The van der Waals surface area contributed by atoms with Gasteiger partial charge in [0.2, 0.25) is 0 Å². The number of β-amino-alcohol motifs (C(OH)–C–C–N with tert-alkyl or cyclic N) is 1. The number of nitriles is 1. The predicted molar refractivity (Wildman–Crippen MR) is 51.4 cm³/mol. The highest BCUT2D eigenvalue weighted by atomic mass is 16.3. The third-order valence-electron chi connectivity index (χ3n) is 3.95. The first-order valence-corrected chi connectivity index (χ1v) is 5.52. The molecule has 0 unspecified atom stereocenters. The second-order valence-electron chi connectivity index (χ2n) is 5.42. The number of nitrogens with zero attached hydrogens (tertiary/aromatic N) is 2. The van der Waals surface area contributed by atoms with Crippen LogP contribution >= 0.6 is 0 Å². The minimum absolute atomic E-state index is 0.0368. The quantitative estimate of drug-likeness (QED) is 0.717. The molecule has 1 aliphatic heterocycles. The van der Waals surface area contributed by atoms with E-state index < -0.39 is 0 Å². The van der Waals surface area contributed by atoms with Crippen molar-refractivity contribution in [1.29, 1.82) is 5.26 Å². The van der Waals surface area contributed by atoms with Gasteiger partial charge in [0.15, 0.2) is 0 Å². The lowest BCUT2D eigenvalue weighted by Crippen LogP contribution is -2.63. The van der Waals surface area contributed by atoms with Gasteiger partial charge in [-0.25, -0.2) is 0 Å².